The van der Waals surface area contributed by atoms with Gasteiger partial charge >= 0.3 is 0 Å². The van der Waals surface area contributed by atoms with Gasteiger partial charge < -0.3 is 4.98 Å². The van der Waals surface area contributed by atoms with Crippen molar-refractivity contribution < 1.29 is 0 Å². The lowest BCUT2D eigenvalue weighted by molar-refractivity contribution is 1.09. The second-order valence-electron chi connectivity index (χ2n) is 2.80. The minimum absolute atomic E-state index is 0.125. The Hall–Kier alpha value is -1.13. The Kier molecular flexibility index (Phi) is 2.39. The van der Waals surface area contributed by atoms with Crippen molar-refractivity contribution in [2.75, 3.05) is 0 Å². The quantitative estimate of drug-likeness (QED) is 0.812. The van der Waals surface area contributed by atoms with Crippen LogP contribution in [0.4, 0.5) is 0 Å². The number of H-pyrrole nitrogens is 1. The normalized spacial score (nSPS) is 10.4. The molecular weight excluding hydrogens is 220 g/mol. The van der Waals surface area contributed by atoms with Crippen LogP contribution in [-0.4, -0.2) is 9.97 Å². The maximum atomic E-state index is 11.3. The van der Waals surface area contributed by atoms with Crippen LogP contribution < -0.4 is 5.56 Å². The Labute approximate surface area is 89.4 Å². The fourth-order valence-corrected chi connectivity index (χ4v) is 2.36. The van der Waals surface area contributed by atoms with E-state index < -0.39 is 0 Å². The molecule has 0 radical (unpaired) electrons. The third kappa shape index (κ3) is 1.47. The fourth-order valence-electron chi connectivity index (χ4n) is 1.16. The number of aromatic amines is 1. The topological polar surface area (TPSA) is 45.8 Å². The summed E-state index contributed by atoms with van der Waals surface area (Å²) in [5.74, 6) is 0. The summed E-state index contributed by atoms with van der Waals surface area (Å²) >= 11 is 7.44. The number of nitrogens with one attached hydrogen (secondary N) is 1. The molecular formula is C9H7ClN2OS. The molecule has 0 unspecified atom stereocenters. The summed E-state index contributed by atoms with van der Waals surface area (Å²) < 4.78 is 0. The molecule has 5 heteroatoms. The van der Waals surface area contributed by atoms with Crippen molar-refractivity contribution >= 4 is 22.9 Å². The summed E-state index contributed by atoms with van der Waals surface area (Å²) in [4.78, 5) is 18.8. The van der Waals surface area contributed by atoms with Gasteiger partial charge in [-0.05, 0) is 18.4 Å². The number of halogens is 1. The van der Waals surface area contributed by atoms with Crippen molar-refractivity contribution in [1.82, 2.24) is 9.97 Å². The molecule has 72 valence electrons. The van der Waals surface area contributed by atoms with Crippen molar-refractivity contribution in [3.8, 4) is 10.6 Å². The molecule has 0 aliphatic carbocycles. The molecule has 0 amide bonds. The largest absolute Gasteiger partial charge is 0.313 e. The molecule has 0 aliphatic heterocycles. The van der Waals surface area contributed by atoms with Gasteiger partial charge in [-0.3, -0.25) is 4.79 Å². The summed E-state index contributed by atoms with van der Waals surface area (Å²) in [6, 6.07) is 1.80. The standard InChI is InChI=1S/C9H7ClN2OS/c1-5-7(11-4-12-9(5)13)8-6(10)2-3-14-8/h2-4H,1H3,(H,11,12,13). The van der Waals surface area contributed by atoms with E-state index in [0.717, 1.165) is 4.88 Å². The average molecular weight is 227 g/mol. The first-order valence-corrected chi connectivity index (χ1v) is 5.23. The van der Waals surface area contributed by atoms with Gasteiger partial charge in [0.2, 0.25) is 0 Å². The lowest BCUT2D eigenvalue weighted by atomic mass is 10.2. The van der Waals surface area contributed by atoms with Crippen LogP contribution in [0.15, 0.2) is 22.6 Å². The number of aromatic nitrogens is 2. The molecule has 1 N–H and O–H groups in total. The van der Waals surface area contributed by atoms with Crippen LogP contribution in [-0.2, 0) is 0 Å². The van der Waals surface area contributed by atoms with E-state index in [1.807, 2.05) is 5.38 Å². The monoisotopic (exact) mass is 226 g/mol. The number of hydrogen-bond donors (Lipinski definition) is 1. The van der Waals surface area contributed by atoms with E-state index in [-0.39, 0.29) is 5.56 Å². The van der Waals surface area contributed by atoms with Crippen LogP contribution in [0.2, 0.25) is 5.02 Å². The number of nitrogens with zero attached hydrogens (tertiary/aromatic N) is 1. The maximum absolute atomic E-state index is 11.3. The van der Waals surface area contributed by atoms with Gasteiger partial charge in [0.25, 0.3) is 5.56 Å². The summed E-state index contributed by atoms with van der Waals surface area (Å²) in [5.41, 5.74) is 1.13. The minimum atomic E-state index is -0.125. The first-order chi connectivity index (χ1) is 6.70. The Morgan fingerprint density at radius 1 is 1.57 bits per heavy atom. The van der Waals surface area contributed by atoms with E-state index in [4.69, 9.17) is 11.6 Å². The van der Waals surface area contributed by atoms with Gasteiger partial charge in [0.1, 0.15) is 0 Å². The van der Waals surface area contributed by atoms with Crippen LogP contribution in [0.3, 0.4) is 0 Å². The van der Waals surface area contributed by atoms with Crippen LogP contribution in [0.1, 0.15) is 5.56 Å². The second-order valence-corrected chi connectivity index (χ2v) is 4.13. The summed E-state index contributed by atoms with van der Waals surface area (Å²) in [7, 11) is 0. The fraction of sp³-hybridized carbons (Fsp3) is 0.111. The molecule has 0 atom stereocenters. The zero-order chi connectivity index (χ0) is 10.1. The van der Waals surface area contributed by atoms with E-state index in [0.29, 0.717) is 16.3 Å². The second kappa shape index (κ2) is 3.55. The molecule has 2 rings (SSSR count). The van der Waals surface area contributed by atoms with Crippen molar-refractivity contribution in [2.45, 2.75) is 6.92 Å². The first-order valence-electron chi connectivity index (χ1n) is 3.98. The van der Waals surface area contributed by atoms with Gasteiger partial charge in [0.15, 0.2) is 0 Å². The Balaban J connectivity index is 2.69. The molecule has 2 heterocycles. The predicted molar refractivity (Wildman–Crippen MR) is 57.9 cm³/mol. The highest BCUT2D eigenvalue weighted by molar-refractivity contribution is 7.14. The minimum Gasteiger partial charge on any atom is -0.313 e. The van der Waals surface area contributed by atoms with Gasteiger partial charge in [0, 0.05) is 5.56 Å². The molecule has 2 aromatic rings. The molecule has 0 aromatic carbocycles. The average Bonchev–Trinajstić information content (AvgIpc) is 2.57. The van der Waals surface area contributed by atoms with E-state index in [1.165, 1.54) is 17.7 Å². The summed E-state index contributed by atoms with van der Waals surface area (Å²) in [6.07, 6.45) is 1.39. The number of thiophene rings is 1. The summed E-state index contributed by atoms with van der Waals surface area (Å²) in [5, 5.41) is 2.51. The zero-order valence-corrected chi connectivity index (χ0v) is 8.95. The van der Waals surface area contributed by atoms with Gasteiger partial charge in [0.05, 0.1) is 21.9 Å². The SMILES string of the molecule is Cc1c(-c2sccc2Cl)nc[nH]c1=O. The Morgan fingerprint density at radius 2 is 2.36 bits per heavy atom. The number of hydrogen-bond acceptors (Lipinski definition) is 3. The maximum Gasteiger partial charge on any atom is 0.254 e. The molecule has 14 heavy (non-hydrogen) atoms. The van der Waals surface area contributed by atoms with Crippen LogP contribution in [0.25, 0.3) is 10.6 Å². The van der Waals surface area contributed by atoms with Crippen LogP contribution in [0, 0.1) is 6.92 Å². The van der Waals surface area contributed by atoms with Gasteiger partial charge in [-0.1, -0.05) is 11.6 Å². The highest BCUT2D eigenvalue weighted by Crippen LogP contribution is 2.32. The Bertz CT molecular complexity index is 518. The third-order valence-electron chi connectivity index (χ3n) is 1.92. The zero-order valence-electron chi connectivity index (χ0n) is 7.37. The van der Waals surface area contributed by atoms with Gasteiger partial charge in [-0.25, -0.2) is 4.98 Å². The molecule has 0 bridgehead atoms. The highest BCUT2D eigenvalue weighted by Gasteiger charge is 2.10. The molecule has 0 aliphatic rings. The smallest absolute Gasteiger partial charge is 0.254 e. The molecule has 0 saturated heterocycles. The lowest BCUT2D eigenvalue weighted by Gasteiger charge is -2.00. The lowest BCUT2D eigenvalue weighted by Crippen LogP contribution is -2.10. The predicted octanol–water partition coefficient (Wildman–Crippen LogP) is 2.46. The van der Waals surface area contributed by atoms with Crippen molar-refractivity contribution in [1.29, 1.82) is 0 Å². The van der Waals surface area contributed by atoms with E-state index in [9.17, 15) is 4.79 Å². The Morgan fingerprint density at radius 3 is 3.00 bits per heavy atom. The van der Waals surface area contributed by atoms with Gasteiger partial charge in [-0.15, -0.1) is 11.3 Å². The van der Waals surface area contributed by atoms with Crippen molar-refractivity contribution in [3.63, 3.8) is 0 Å². The van der Waals surface area contributed by atoms with E-state index in [2.05, 4.69) is 9.97 Å². The van der Waals surface area contributed by atoms with E-state index >= 15 is 0 Å². The van der Waals surface area contributed by atoms with Gasteiger partial charge in [-0.2, -0.15) is 0 Å². The molecule has 3 nitrogen and oxygen atoms in total. The summed E-state index contributed by atoms with van der Waals surface area (Å²) in [6.45, 7) is 1.73. The van der Waals surface area contributed by atoms with Crippen LogP contribution >= 0.6 is 22.9 Å². The molecule has 0 fully saturated rings. The molecule has 2 aromatic heterocycles. The molecule has 0 saturated carbocycles. The molecule has 0 spiro atoms. The van der Waals surface area contributed by atoms with E-state index in [1.54, 1.807) is 13.0 Å². The van der Waals surface area contributed by atoms with Crippen LogP contribution in [0.5, 0.6) is 0 Å². The van der Waals surface area contributed by atoms with Crippen molar-refractivity contribution in [2.24, 2.45) is 0 Å². The third-order valence-corrected chi connectivity index (χ3v) is 3.27. The van der Waals surface area contributed by atoms with Crippen molar-refractivity contribution in [3.05, 3.63) is 38.7 Å². The number of rotatable bonds is 1. The first kappa shape index (κ1) is 9.43. The highest BCUT2D eigenvalue weighted by atomic mass is 35.5.